The van der Waals surface area contributed by atoms with Gasteiger partial charge in [0.15, 0.2) is 0 Å². The average Bonchev–Trinajstić information content (AvgIpc) is 2.74. The summed E-state index contributed by atoms with van der Waals surface area (Å²) < 4.78 is 18.3. The van der Waals surface area contributed by atoms with Crippen LogP contribution in [0.15, 0.2) is 48.5 Å². The summed E-state index contributed by atoms with van der Waals surface area (Å²) in [5, 5.41) is 9.06. The Morgan fingerprint density at radius 3 is 2.34 bits per heavy atom. The molecule has 1 fully saturated rings. The molecule has 0 saturated carbocycles. The highest BCUT2D eigenvalue weighted by Crippen LogP contribution is 2.29. The summed E-state index contributed by atoms with van der Waals surface area (Å²) >= 11 is 0. The van der Waals surface area contributed by atoms with Gasteiger partial charge in [-0.1, -0.05) is 12.1 Å². The van der Waals surface area contributed by atoms with E-state index < -0.39 is 5.41 Å². The van der Waals surface area contributed by atoms with Gasteiger partial charge >= 0.3 is 0 Å². The molecule has 3 N–H and O–H groups in total. The number of amides is 2. The number of carbonyl (C=O) groups excluding carboxylic acids is 2. The molecular weight excluding hydrogens is 373 g/mol. The molecule has 0 unspecified atom stereocenters. The smallest absolute Gasteiger partial charge is 0.255 e. The molecule has 1 saturated heterocycles. The van der Waals surface area contributed by atoms with E-state index >= 15 is 0 Å². The number of anilines is 1. The molecule has 0 radical (unpaired) electrons. The van der Waals surface area contributed by atoms with Crippen LogP contribution in [0.4, 0.5) is 10.1 Å². The first-order chi connectivity index (χ1) is 14.0. The van der Waals surface area contributed by atoms with Crippen molar-refractivity contribution in [2.24, 2.45) is 5.41 Å². The summed E-state index contributed by atoms with van der Waals surface area (Å²) in [4.78, 5) is 25.0. The summed E-state index contributed by atoms with van der Waals surface area (Å²) in [5.74, 6) is -0.683. The van der Waals surface area contributed by atoms with Crippen LogP contribution in [-0.2, 0) is 16.1 Å². The van der Waals surface area contributed by atoms with Crippen molar-refractivity contribution in [3.63, 3.8) is 0 Å². The van der Waals surface area contributed by atoms with Gasteiger partial charge in [-0.25, -0.2) is 4.39 Å². The lowest BCUT2D eigenvalue weighted by Gasteiger charge is -2.35. The SMILES string of the molecule is COCC1(C(=O)NCc2ccc(NC(=O)c3ccc(F)cc3)cc2)CCNCC1. The molecule has 6 nitrogen and oxygen atoms in total. The molecule has 29 heavy (non-hydrogen) atoms. The van der Waals surface area contributed by atoms with Crippen LogP contribution in [0.5, 0.6) is 0 Å². The molecule has 2 aromatic carbocycles. The van der Waals surface area contributed by atoms with Gasteiger partial charge in [0.2, 0.25) is 5.91 Å². The standard InChI is InChI=1S/C22H26FN3O3/c1-29-15-22(10-12-24-13-11-22)21(28)25-14-16-2-8-19(9-3-16)26-20(27)17-4-6-18(23)7-5-17/h2-9,24H,10-15H2,1H3,(H,25,28)(H,26,27). The molecule has 1 aliphatic heterocycles. The molecule has 0 bridgehead atoms. The minimum absolute atomic E-state index is 0.00883. The van der Waals surface area contributed by atoms with Crippen molar-refractivity contribution in [3.8, 4) is 0 Å². The fraction of sp³-hybridized carbons (Fsp3) is 0.364. The zero-order valence-electron chi connectivity index (χ0n) is 16.5. The second-order valence-electron chi connectivity index (χ2n) is 7.30. The number of methoxy groups -OCH3 is 1. The third-order valence-corrected chi connectivity index (χ3v) is 5.23. The summed E-state index contributed by atoms with van der Waals surface area (Å²) in [6, 6.07) is 12.6. The van der Waals surface area contributed by atoms with Crippen LogP contribution in [-0.4, -0.2) is 38.6 Å². The first-order valence-electron chi connectivity index (χ1n) is 9.66. The van der Waals surface area contributed by atoms with Gasteiger partial charge in [-0.2, -0.15) is 0 Å². The van der Waals surface area contributed by atoms with Crippen molar-refractivity contribution in [2.75, 3.05) is 32.1 Å². The third kappa shape index (κ3) is 5.40. The van der Waals surface area contributed by atoms with Gasteiger partial charge in [-0.15, -0.1) is 0 Å². The van der Waals surface area contributed by atoms with Crippen LogP contribution in [0.25, 0.3) is 0 Å². The van der Waals surface area contributed by atoms with Crippen molar-refractivity contribution in [3.05, 3.63) is 65.5 Å². The maximum absolute atomic E-state index is 13.0. The third-order valence-electron chi connectivity index (χ3n) is 5.23. The number of nitrogens with one attached hydrogen (secondary N) is 3. The van der Waals surface area contributed by atoms with E-state index in [1.807, 2.05) is 12.1 Å². The number of ether oxygens (including phenoxy) is 1. The fourth-order valence-corrected chi connectivity index (χ4v) is 3.50. The van der Waals surface area contributed by atoms with Crippen LogP contribution in [0.3, 0.4) is 0 Å². The average molecular weight is 399 g/mol. The summed E-state index contributed by atoms with van der Waals surface area (Å²) in [7, 11) is 1.62. The maximum atomic E-state index is 13.0. The molecule has 2 aromatic rings. The Hall–Kier alpha value is -2.77. The minimum atomic E-state index is -0.483. The lowest BCUT2D eigenvalue weighted by atomic mass is 9.78. The van der Waals surface area contributed by atoms with E-state index in [1.54, 1.807) is 19.2 Å². The first-order valence-corrected chi connectivity index (χ1v) is 9.66. The van der Waals surface area contributed by atoms with Crippen molar-refractivity contribution < 1.29 is 18.7 Å². The summed E-state index contributed by atoms with van der Waals surface area (Å²) in [6.07, 6.45) is 1.50. The molecule has 154 valence electrons. The Morgan fingerprint density at radius 1 is 1.07 bits per heavy atom. The Balaban J connectivity index is 1.55. The predicted octanol–water partition coefficient (Wildman–Crippen LogP) is 2.71. The van der Waals surface area contributed by atoms with E-state index in [0.29, 0.717) is 24.4 Å². The number of hydrogen-bond acceptors (Lipinski definition) is 4. The van der Waals surface area contributed by atoms with E-state index in [-0.39, 0.29) is 17.6 Å². The molecule has 0 aromatic heterocycles. The van der Waals surface area contributed by atoms with Gasteiger partial charge in [0.05, 0.1) is 12.0 Å². The topological polar surface area (TPSA) is 79.5 Å². The normalized spacial score (nSPS) is 15.5. The van der Waals surface area contributed by atoms with Crippen LogP contribution < -0.4 is 16.0 Å². The minimum Gasteiger partial charge on any atom is -0.384 e. The van der Waals surface area contributed by atoms with Gasteiger partial charge < -0.3 is 20.7 Å². The Morgan fingerprint density at radius 2 is 1.72 bits per heavy atom. The van der Waals surface area contributed by atoms with Gasteiger partial charge in [0.25, 0.3) is 5.91 Å². The molecule has 1 heterocycles. The predicted molar refractivity (Wildman–Crippen MR) is 109 cm³/mol. The van der Waals surface area contributed by atoms with Crippen molar-refractivity contribution in [1.82, 2.24) is 10.6 Å². The summed E-state index contributed by atoms with van der Waals surface area (Å²) in [5.41, 5.74) is 1.46. The number of rotatable bonds is 7. The van der Waals surface area contributed by atoms with Crippen molar-refractivity contribution >= 4 is 17.5 Å². The monoisotopic (exact) mass is 399 g/mol. The van der Waals surface area contributed by atoms with Gasteiger partial charge in [-0.3, -0.25) is 9.59 Å². The summed E-state index contributed by atoms with van der Waals surface area (Å²) in [6.45, 7) is 2.43. The second-order valence-corrected chi connectivity index (χ2v) is 7.30. The highest BCUT2D eigenvalue weighted by Gasteiger charge is 2.39. The Kier molecular flexibility index (Phi) is 6.95. The fourth-order valence-electron chi connectivity index (χ4n) is 3.50. The molecule has 3 rings (SSSR count). The molecular formula is C22H26FN3O3. The number of carbonyl (C=O) groups is 2. The number of benzene rings is 2. The molecule has 0 aliphatic carbocycles. The van der Waals surface area contributed by atoms with Crippen LogP contribution in [0.2, 0.25) is 0 Å². The lowest BCUT2D eigenvalue weighted by molar-refractivity contribution is -0.136. The molecule has 1 aliphatic rings. The lowest BCUT2D eigenvalue weighted by Crippen LogP contribution is -2.49. The highest BCUT2D eigenvalue weighted by molar-refractivity contribution is 6.04. The van der Waals surface area contributed by atoms with Crippen LogP contribution >= 0.6 is 0 Å². The zero-order valence-corrected chi connectivity index (χ0v) is 16.5. The Labute approximate surface area is 169 Å². The molecule has 2 amide bonds. The molecule has 0 spiro atoms. The van der Waals surface area contributed by atoms with Crippen molar-refractivity contribution in [1.29, 1.82) is 0 Å². The number of hydrogen-bond donors (Lipinski definition) is 3. The number of piperidine rings is 1. The highest BCUT2D eigenvalue weighted by atomic mass is 19.1. The quantitative estimate of drug-likeness (QED) is 0.669. The number of halogens is 1. The molecule has 7 heteroatoms. The largest absolute Gasteiger partial charge is 0.384 e. The van der Waals surface area contributed by atoms with E-state index in [4.69, 9.17) is 4.74 Å². The second kappa shape index (κ2) is 9.62. The zero-order chi connectivity index (χ0) is 20.7. The van der Waals surface area contributed by atoms with E-state index in [9.17, 15) is 14.0 Å². The van der Waals surface area contributed by atoms with E-state index in [1.165, 1.54) is 24.3 Å². The van der Waals surface area contributed by atoms with Crippen LogP contribution in [0, 0.1) is 11.2 Å². The van der Waals surface area contributed by atoms with Crippen molar-refractivity contribution in [2.45, 2.75) is 19.4 Å². The van der Waals surface area contributed by atoms with Gasteiger partial charge in [0, 0.05) is 24.9 Å². The van der Waals surface area contributed by atoms with Gasteiger partial charge in [-0.05, 0) is 67.9 Å². The Bertz CT molecular complexity index is 826. The van der Waals surface area contributed by atoms with E-state index in [2.05, 4.69) is 16.0 Å². The maximum Gasteiger partial charge on any atom is 0.255 e. The molecule has 0 atom stereocenters. The first kappa shape index (κ1) is 21.0. The van der Waals surface area contributed by atoms with Crippen LogP contribution in [0.1, 0.15) is 28.8 Å². The van der Waals surface area contributed by atoms with E-state index in [0.717, 1.165) is 31.5 Å². The van der Waals surface area contributed by atoms with Gasteiger partial charge in [0.1, 0.15) is 5.82 Å².